The molecule has 2 aromatic rings. The van der Waals surface area contributed by atoms with E-state index in [4.69, 9.17) is 9.47 Å². The van der Waals surface area contributed by atoms with Crippen LogP contribution in [0, 0.1) is 0 Å². The van der Waals surface area contributed by atoms with Crippen molar-refractivity contribution in [2.24, 2.45) is 0 Å². The minimum atomic E-state index is 0.0743. The summed E-state index contributed by atoms with van der Waals surface area (Å²) < 4.78 is 13.2. The van der Waals surface area contributed by atoms with E-state index < -0.39 is 0 Å². The average molecular weight is 356 g/mol. The Morgan fingerprint density at radius 1 is 1.35 bits per heavy atom. The number of likely N-dealkylation sites (N-methyl/N-ethyl adjacent to an activating group) is 1. The van der Waals surface area contributed by atoms with Crippen LogP contribution in [0.4, 0.5) is 0 Å². The molecule has 1 aromatic heterocycles. The standard InChI is InChI=1S/C19H24N4O3/c1-21-17-12-22(13-18(17)26-9-6-19(21)24)11-14-10-15(25-2)4-5-16(14)23-8-3-7-20-23/h3-5,7-8,10,17-18H,6,9,11-13H2,1-2H3/t17-,18-/m0/s1. The highest BCUT2D eigenvalue weighted by atomic mass is 16.5. The second-order valence-corrected chi connectivity index (χ2v) is 6.87. The van der Waals surface area contributed by atoms with Crippen molar-refractivity contribution in [2.45, 2.75) is 25.1 Å². The molecular weight excluding hydrogens is 332 g/mol. The molecule has 0 unspecified atom stereocenters. The molecule has 1 amide bonds. The number of ether oxygens (including phenoxy) is 2. The summed E-state index contributed by atoms with van der Waals surface area (Å²) in [5, 5.41) is 4.36. The Bertz CT molecular complexity index is 777. The zero-order chi connectivity index (χ0) is 18.1. The van der Waals surface area contributed by atoms with Crippen LogP contribution in [0.2, 0.25) is 0 Å². The lowest BCUT2D eigenvalue weighted by Crippen LogP contribution is -2.42. The van der Waals surface area contributed by atoms with Crippen molar-refractivity contribution in [3.05, 3.63) is 42.2 Å². The van der Waals surface area contributed by atoms with Crippen LogP contribution in [-0.4, -0.2) is 71.5 Å². The molecule has 2 aliphatic rings. The van der Waals surface area contributed by atoms with Gasteiger partial charge in [-0.3, -0.25) is 9.69 Å². The number of aromatic nitrogens is 2. The number of carbonyl (C=O) groups excluding carboxylic acids is 1. The predicted octanol–water partition coefficient (Wildman–Crippen LogP) is 1.31. The maximum absolute atomic E-state index is 12.1. The molecule has 7 heteroatoms. The summed E-state index contributed by atoms with van der Waals surface area (Å²) in [7, 11) is 3.56. The molecule has 0 saturated carbocycles. The highest BCUT2D eigenvalue weighted by molar-refractivity contribution is 5.76. The summed E-state index contributed by atoms with van der Waals surface area (Å²) in [6.07, 6.45) is 4.26. The number of hydrogen-bond acceptors (Lipinski definition) is 5. The zero-order valence-corrected chi connectivity index (χ0v) is 15.2. The van der Waals surface area contributed by atoms with Crippen LogP contribution in [0.15, 0.2) is 36.7 Å². The van der Waals surface area contributed by atoms with Crippen molar-refractivity contribution in [1.82, 2.24) is 19.6 Å². The van der Waals surface area contributed by atoms with Crippen LogP contribution >= 0.6 is 0 Å². The SMILES string of the molecule is COc1ccc(-n2cccn2)c(CN2C[C@@H]3OCCC(=O)N(C)[C@H]3C2)c1. The largest absolute Gasteiger partial charge is 0.497 e. The highest BCUT2D eigenvalue weighted by Gasteiger charge is 2.39. The van der Waals surface area contributed by atoms with Gasteiger partial charge >= 0.3 is 0 Å². The van der Waals surface area contributed by atoms with Gasteiger partial charge in [0, 0.05) is 39.1 Å². The number of likely N-dealkylation sites (tertiary alicyclic amines) is 1. The van der Waals surface area contributed by atoms with E-state index in [1.807, 2.05) is 41.0 Å². The van der Waals surface area contributed by atoms with E-state index >= 15 is 0 Å². The lowest BCUT2D eigenvalue weighted by Gasteiger charge is -2.25. The quantitative estimate of drug-likeness (QED) is 0.827. The Balaban J connectivity index is 1.57. The van der Waals surface area contributed by atoms with Crippen LogP contribution in [0.25, 0.3) is 5.69 Å². The maximum Gasteiger partial charge on any atom is 0.225 e. The van der Waals surface area contributed by atoms with Crippen molar-refractivity contribution in [1.29, 1.82) is 0 Å². The van der Waals surface area contributed by atoms with Gasteiger partial charge < -0.3 is 14.4 Å². The molecule has 2 aliphatic heterocycles. The molecule has 2 atom stereocenters. The molecule has 2 fully saturated rings. The van der Waals surface area contributed by atoms with Gasteiger partial charge in [-0.2, -0.15) is 5.10 Å². The van der Waals surface area contributed by atoms with Crippen molar-refractivity contribution >= 4 is 5.91 Å². The minimum Gasteiger partial charge on any atom is -0.497 e. The average Bonchev–Trinajstić information content (AvgIpc) is 3.28. The fourth-order valence-electron chi connectivity index (χ4n) is 3.85. The van der Waals surface area contributed by atoms with E-state index in [2.05, 4.69) is 16.1 Å². The third kappa shape index (κ3) is 3.20. The second-order valence-electron chi connectivity index (χ2n) is 6.87. The molecular formula is C19H24N4O3. The Morgan fingerprint density at radius 2 is 2.23 bits per heavy atom. The predicted molar refractivity (Wildman–Crippen MR) is 96.3 cm³/mol. The Kier molecular flexibility index (Phi) is 4.65. The van der Waals surface area contributed by atoms with E-state index in [0.29, 0.717) is 13.0 Å². The fraction of sp³-hybridized carbons (Fsp3) is 0.474. The molecule has 0 aliphatic carbocycles. The van der Waals surface area contributed by atoms with Crippen LogP contribution in [0.5, 0.6) is 5.75 Å². The first-order valence-electron chi connectivity index (χ1n) is 8.92. The van der Waals surface area contributed by atoms with Gasteiger partial charge in [-0.1, -0.05) is 0 Å². The first kappa shape index (κ1) is 17.1. The van der Waals surface area contributed by atoms with Gasteiger partial charge in [0.15, 0.2) is 0 Å². The van der Waals surface area contributed by atoms with Crippen molar-refractivity contribution in [3.8, 4) is 11.4 Å². The molecule has 1 aromatic carbocycles. The van der Waals surface area contributed by atoms with Gasteiger partial charge in [-0.05, 0) is 29.8 Å². The van der Waals surface area contributed by atoms with E-state index in [1.54, 1.807) is 13.3 Å². The molecule has 0 N–H and O–H groups in total. The third-order valence-electron chi connectivity index (χ3n) is 5.28. The Labute approximate surface area is 153 Å². The maximum atomic E-state index is 12.1. The summed E-state index contributed by atoms with van der Waals surface area (Å²) in [4.78, 5) is 16.3. The van der Waals surface area contributed by atoms with E-state index in [9.17, 15) is 4.79 Å². The van der Waals surface area contributed by atoms with Gasteiger partial charge in [0.25, 0.3) is 0 Å². The summed E-state index contributed by atoms with van der Waals surface area (Å²) in [6, 6.07) is 8.06. The number of rotatable bonds is 4. The lowest BCUT2D eigenvalue weighted by atomic mass is 10.1. The molecule has 138 valence electrons. The molecule has 0 bridgehead atoms. The van der Waals surface area contributed by atoms with Crippen molar-refractivity contribution < 1.29 is 14.3 Å². The number of amides is 1. The van der Waals surface area contributed by atoms with E-state index in [-0.39, 0.29) is 18.1 Å². The van der Waals surface area contributed by atoms with Gasteiger partial charge in [-0.15, -0.1) is 0 Å². The van der Waals surface area contributed by atoms with Gasteiger partial charge in [0.2, 0.25) is 5.91 Å². The molecule has 0 radical (unpaired) electrons. The lowest BCUT2D eigenvalue weighted by molar-refractivity contribution is -0.131. The summed E-state index contributed by atoms with van der Waals surface area (Å²) >= 11 is 0. The van der Waals surface area contributed by atoms with Crippen molar-refractivity contribution in [2.75, 3.05) is 33.9 Å². The topological polar surface area (TPSA) is 59.8 Å². The highest BCUT2D eigenvalue weighted by Crippen LogP contribution is 2.27. The molecule has 26 heavy (non-hydrogen) atoms. The molecule has 3 heterocycles. The van der Waals surface area contributed by atoms with Crippen molar-refractivity contribution in [3.63, 3.8) is 0 Å². The Hall–Kier alpha value is -2.38. The smallest absolute Gasteiger partial charge is 0.225 e. The Morgan fingerprint density at radius 3 is 3.00 bits per heavy atom. The molecule has 4 rings (SSSR count). The minimum absolute atomic E-state index is 0.0743. The van der Waals surface area contributed by atoms with Gasteiger partial charge in [0.05, 0.1) is 38.0 Å². The zero-order valence-electron chi connectivity index (χ0n) is 15.2. The summed E-state index contributed by atoms with van der Waals surface area (Å²) in [5.74, 6) is 0.992. The molecule has 7 nitrogen and oxygen atoms in total. The normalized spacial score (nSPS) is 23.8. The second kappa shape index (κ2) is 7.09. The van der Waals surface area contributed by atoms with Gasteiger partial charge in [-0.25, -0.2) is 4.68 Å². The monoisotopic (exact) mass is 356 g/mol. The first-order chi connectivity index (χ1) is 12.7. The molecule has 0 spiro atoms. The number of carbonyl (C=O) groups is 1. The fourth-order valence-corrected chi connectivity index (χ4v) is 3.85. The van der Waals surface area contributed by atoms with Crippen LogP contribution in [0.3, 0.4) is 0 Å². The summed E-state index contributed by atoms with van der Waals surface area (Å²) in [5.41, 5.74) is 2.17. The third-order valence-corrected chi connectivity index (χ3v) is 5.28. The molecule has 2 saturated heterocycles. The van der Waals surface area contributed by atoms with E-state index in [1.165, 1.54) is 0 Å². The number of hydrogen-bond donors (Lipinski definition) is 0. The number of methoxy groups -OCH3 is 1. The summed E-state index contributed by atoms with van der Waals surface area (Å²) in [6.45, 7) is 2.89. The van der Waals surface area contributed by atoms with Crippen LogP contribution in [0.1, 0.15) is 12.0 Å². The first-order valence-corrected chi connectivity index (χ1v) is 8.92. The van der Waals surface area contributed by atoms with E-state index in [0.717, 1.165) is 36.6 Å². The number of nitrogens with zero attached hydrogens (tertiary/aromatic N) is 4. The van der Waals surface area contributed by atoms with Crippen LogP contribution < -0.4 is 4.74 Å². The number of benzene rings is 1. The number of fused-ring (bicyclic) bond motifs is 1. The van der Waals surface area contributed by atoms with Gasteiger partial charge in [0.1, 0.15) is 5.75 Å². The van der Waals surface area contributed by atoms with Crippen LogP contribution in [-0.2, 0) is 16.1 Å².